The van der Waals surface area contributed by atoms with Crippen molar-refractivity contribution in [3.8, 4) is 0 Å². The zero-order chi connectivity index (χ0) is 18.1. The van der Waals surface area contributed by atoms with Crippen LogP contribution in [0, 0.1) is 11.8 Å². The third-order valence-electron chi connectivity index (χ3n) is 3.72. The topological polar surface area (TPSA) is 52.6 Å². The van der Waals surface area contributed by atoms with Crippen LogP contribution < -0.4 is 0 Å². The quantitative estimate of drug-likeness (QED) is 0.535. The molecule has 0 N–H and O–H groups in total. The summed E-state index contributed by atoms with van der Waals surface area (Å²) in [6, 6.07) is 18.8. The van der Waals surface area contributed by atoms with Gasteiger partial charge in [-0.1, -0.05) is 74.5 Å². The molecule has 0 spiro atoms. The van der Waals surface area contributed by atoms with E-state index in [1.165, 1.54) is 0 Å². The summed E-state index contributed by atoms with van der Waals surface area (Å²) in [5.74, 6) is -1.78. The highest BCUT2D eigenvalue weighted by atomic mass is 16.6. The summed E-state index contributed by atoms with van der Waals surface area (Å²) in [4.78, 5) is 24.8. The van der Waals surface area contributed by atoms with Crippen LogP contribution in [0.1, 0.15) is 31.4 Å². The SMILES string of the molecule is CC(C)CC(C(=O)OCc1ccccc1)C(=O)OCc1ccccc1. The lowest BCUT2D eigenvalue weighted by atomic mass is 9.97. The number of ether oxygens (including phenoxy) is 2. The predicted octanol–water partition coefficient (Wildman–Crippen LogP) is 4.14. The van der Waals surface area contributed by atoms with E-state index in [4.69, 9.17) is 9.47 Å². The number of carbonyl (C=O) groups is 2. The zero-order valence-corrected chi connectivity index (χ0v) is 14.7. The average molecular weight is 340 g/mol. The Balaban J connectivity index is 1.93. The Morgan fingerprint density at radius 3 is 1.52 bits per heavy atom. The van der Waals surface area contributed by atoms with Crippen molar-refractivity contribution >= 4 is 11.9 Å². The first-order valence-electron chi connectivity index (χ1n) is 8.47. The van der Waals surface area contributed by atoms with Crippen LogP contribution in [0.2, 0.25) is 0 Å². The van der Waals surface area contributed by atoms with Crippen molar-refractivity contribution in [1.82, 2.24) is 0 Å². The number of hydrogen-bond acceptors (Lipinski definition) is 4. The Morgan fingerprint density at radius 2 is 1.16 bits per heavy atom. The molecule has 0 bridgehead atoms. The maximum atomic E-state index is 12.4. The Kier molecular flexibility index (Phi) is 7.20. The van der Waals surface area contributed by atoms with Crippen LogP contribution in [0.25, 0.3) is 0 Å². The lowest BCUT2D eigenvalue weighted by Gasteiger charge is -2.17. The van der Waals surface area contributed by atoms with Gasteiger partial charge in [0.15, 0.2) is 5.92 Å². The zero-order valence-electron chi connectivity index (χ0n) is 14.7. The van der Waals surface area contributed by atoms with Crippen LogP contribution in [-0.4, -0.2) is 11.9 Å². The minimum Gasteiger partial charge on any atom is -0.460 e. The Hall–Kier alpha value is -2.62. The van der Waals surface area contributed by atoms with Gasteiger partial charge in [-0.05, 0) is 23.5 Å². The van der Waals surface area contributed by atoms with Crippen molar-refractivity contribution in [2.75, 3.05) is 0 Å². The largest absolute Gasteiger partial charge is 0.460 e. The molecule has 25 heavy (non-hydrogen) atoms. The van der Waals surface area contributed by atoms with Gasteiger partial charge in [-0.15, -0.1) is 0 Å². The smallest absolute Gasteiger partial charge is 0.320 e. The van der Waals surface area contributed by atoms with Gasteiger partial charge in [0, 0.05) is 0 Å². The molecule has 0 unspecified atom stereocenters. The first-order valence-corrected chi connectivity index (χ1v) is 8.47. The summed E-state index contributed by atoms with van der Waals surface area (Å²) in [7, 11) is 0. The van der Waals surface area contributed by atoms with Crippen molar-refractivity contribution in [1.29, 1.82) is 0 Å². The standard InChI is InChI=1S/C21H24O4/c1-16(2)13-19(20(22)24-14-17-9-5-3-6-10-17)21(23)25-15-18-11-7-4-8-12-18/h3-12,16,19H,13-15H2,1-2H3. The van der Waals surface area contributed by atoms with Gasteiger partial charge in [-0.3, -0.25) is 9.59 Å². The van der Waals surface area contributed by atoms with Crippen molar-refractivity contribution in [3.05, 3.63) is 71.8 Å². The van der Waals surface area contributed by atoms with Crippen LogP contribution in [-0.2, 0) is 32.3 Å². The van der Waals surface area contributed by atoms with Gasteiger partial charge >= 0.3 is 11.9 Å². The van der Waals surface area contributed by atoms with Gasteiger partial charge in [-0.2, -0.15) is 0 Å². The van der Waals surface area contributed by atoms with Gasteiger partial charge in [0.05, 0.1) is 0 Å². The Labute approximate surface area is 148 Å². The van der Waals surface area contributed by atoms with E-state index in [1.807, 2.05) is 74.5 Å². The number of benzene rings is 2. The summed E-state index contributed by atoms with van der Waals surface area (Å²) >= 11 is 0. The molecule has 0 amide bonds. The fraction of sp³-hybridized carbons (Fsp3) is 0.333. The summed E-state index contributed by atoms with van der Waals surface area (Å²) in [6.45, 7) is 4.23. The fourth-order valence-corrected chi connectivity index (χ4v) is 2.42. The summed E-state index contributed by atoms with van der Waals surface area (Å²) in [5.41, 5.74) is 1.77. The van der Waals surface area contributed by atoms with E-state index in [-0.39, 0.29) is 19.1 Å². The van der Waals surface area contributed by atoms with E-state index >= 15 is 0 Å². The van der Waals surface area contributed by atoms with Gasteiger partial charge in [0.2, 0.25) is 0 Å². The molecular weight excluding hydrogens is 316 g/mol. The minimum absolute atomic E-state index is 0.153. The summed E-state index contributed by atoms with van der Waals surface area (Å²) in [5, 5.41) is 0. The molecule has 2 rings (SSSR count). The molecule has 0 aliphatic rings. The fourth-order valence-electron chi connectivity index (χ4n) is 2.42. The molecule has 0 heterocycles. The molecule has 0 atom stereocenters. The van der Waals surface area contributed by atoms with Crippen molar-refractivity contribution in [2.24, 2.45) is 11.8 Å². The average Bonchev–Trinajstić information content (AvgIpc) is 2.64. The molecule has 4 nitrogen and oxygen atoms in total. The van der Waals surface area contributed by atoms with Crippen LogP contribution in [0.5, 0.6) is 0 Å². The molecule has 0 aliphatic heterocycles. The summed E-state index contributed by atoms with van der Waals surface area (Å²) < 4.78 is 10.6. The predicted molar refractivity (Wildman–Crippen MR) is 95.4 cm³/mol. The molecule has 0 saturated heterocycles. The van der Waals surface area contributed by atoms with E-state index in [2.05, 4.69) is 0 Å². The summed E-state index contributed by atoms with van der Waals surface area (Å²) in [6.07, 6.45) is 0.404. The van der Waals surface area contributed by atoms with Crippen molar-refractivity contribution < 1.29 is 19.1 Å². The second kappa shape index (κ2) is 9.62. The number of carbonyl (C=O) groups excluding carboxylic acids is 2. The molecule has 2 aromatic rings. The van der Waals surface area contributed by atoms with Crippen LogP contribution in [0.3, 0.4) is 0 Å². The van der Waals surface area contributed by atoms with E-state index in [0.29, 0.717) is 6.42 Å². The third kappa shape index (κ3) is 6.42. The minimum atomic E-state index is -0.896. The molecule has 0 fully saturated rings. The van der Waals surface area contributed by atoms with E-state index in [0.717, 1.165) is 11.1 Å². The molecule has 132 valence electrons. The van der Waals surface area contributed by atoms with Gasteiger partial charge in [0.25, 0.3) is 0 Å². The number of esters is 2. The van der Waals surface area contributed by atoms with Crippen LogP contribution in [0.4, 0.5) is 0 Å². The normalized spacial score (nSPS) is 10.7. The monoisotopic (exact) mass is 340 g/mol. The third-order valence-corrected chi connectivity index (χ3v) is 3.72. The number of rotatable bonds is 8. The highest BCUT2D eigenvalue weighted by Gasteiger charge is 2.30. The number of hydrogen-bond donors (Lipinski definition) is 0. The second-order valence-electron chi connectivity index (χ2n) is 6.37. The van der Waals surface area contributed by atoms with E-state index in [1.54, 1.807) is 0 Å². The highest BCUT2D eigenvalue weighted by Crippen LogP contribution is 2.17. The lowest BCUT2D eigenvalue weighted by molar-refractivity contribution is -0.164. The first-order chi connectivity index (χ1) is 12.1. The molecule has 0 saturated carbocycles. The first kappa shape index (κ1) is 18.7. The Bertz CT molecular complexity index is 609. The van der Waals surface area contributed by atoms with Gasteiger partial charge in [-0.25, -0.2) is 0 Å². The molecule has 0 aliphatic carbocycles. The van der Waals surface area contributed by atoms with Crippen molar-refractivity contribution in [2.45, 2.75) is 33.5 Å². The second-order valence-corrected chi connectivity index (χ2v) is 6.37. The maximum absolute atomic E-state index is 12.4. The molecule has 4 heteroatoms. The molecule has 0 radical (unpaired) electrons. The van der Waals surface area contributed by atoms with Crippen LogP contribution >= 0.6 is 0 Å². The molecular formula is C21H24O4. The van der Waals surface area contributed by atoms with Gasteiger partial charge in [0.1, 0.15) is 13.2 Å². The highest BCUT2D eigenvalue weighted by molar-refractivity contribution is 5.94. The van der Waals surface area contributed by atoms with E-state index in [9.17, 15) is 9.59 Å². The van der Waals surface area contributed by atoms with E-state index < -0.39 is 17.9 Å². The van der Waals surface area contributed by atoms with Crippen LogP contribution in [0.15, 0.2) is 60.7 Å². The molecule has 0 aromatic heterocycles. The maximum Gasteiger partial charge on any atom is 0.320 e. The lowest BCUT2D eigenvalue weighted by Crippen LogP contribution is -2.29. The van der Waals surface area contributed by atoms with Gasteiger partial charge < -0.3 is 9.47 Å². The van der Waals surface area contributed by atoms with Crippen molar-refractivity contribution in [3.63, 3.8) is 0 Å². The molecule has 2 aromatic carbocycles. The Morgan fingerprint density at radius 1 is 0.760 bits per heavy atom.